The number of hydrogen-bond donors (Lipinski definition) is 1. The molecule has 14 heteroatoms. The van der Waals surface area contributed by atoms with Crippen molar-refractivity contribution in [3.8, 4) is 11.5 Å². The fraction of sp³-hybridized carbons (Fsp3) is 0. The number of benzene rings is 2. The van der Waals surface area contributed by atoms with Crippen LogP contribution < -0.4 is 9.47 Å². The summed E-state index contributed by atoms with van der Waals surface area (Å²) < 4.78 is 46.2. The van der Waals surface area contributed by atoms with Crippen LogP contribution in [0.2, 0.25) is 0 Å². The highest BCUT2D eigenvalue weighted by atomic mass is 127. The highest BCUT2D eigenvalue weighted by molar-refractivity contribution is 14.1. The lowest BCUT2D eigenvalue weighted by atomic mass is 10.2. The summed E-state index contributed by atoms with van der Waals surface area (Å²) in [6.07, 6.45) is 0. The summed E-state index contributed by atoms with van der Waals surface area (Å²) in [6, 6.07) is 6.36. The topological polar surface area (TPSA) is 107 Å². The zero-order valence-corrected chi connectivity index (χ0v) is 27.5. The van der Waals surface area contributed by atoms with E-state index in [0.717, 1.165) is 22.0 Å². The fourth-order valence-electron chi connectivity index (χ4n) is 2.39. The van der Waals surface area contributed by atoms with Gasteiger partial charge in [-0.2, -0.15) is 19.8 Å². The van der Waals surface area contributed by atoms with Gasteiger partial charge in [-0.05, 0) is 137 Å². The molecule has 32 heavy (non-hydrogen) atoms. The van der Waals surface area contributed by atoms with Crippen LogP contribution >= 0.6 is 124 Å². The Kier molecular flexibility index (Phi) is 9.48. The molecule has 0 unspecified atom stereocenters. The molecule has 0 radical (unpaired) electrons. The lowest BCUT2D eigenvalue weighted by Crippen LogP contribution is -2.17. The Morgan fingerprint density at radius 2 is 1.25 bits per heavy atom. The van der Waals surface area contributed by atoms with E-state index in [1.165, 1.54) is 22.9 Å². The molecule has 0 fully saturated rings. The van der Waals surface area contributed by atoms with Crippen LogP contribution in [0.15, 0.2) is 39.9 Å². The maximum absolute atomic E-state index is 12.8. The average Bonchev–Trinajstić information content (AvgIpc) is 3.12. The summed E-state index contributed by atoms with van der Waals surface area (Å²) in [6.45, 7) is 0. The predicted molar refractivity (Wildman–Crippen MR) is 161 cm³/mol. The van der Waals surface area contributed by atoms with E-state index in [9.17, 15) is 22.6 Å². The molecule has 3 aromatic rings. The molecule has 0 atom stereocenters. The molecule has 168 valence electrons. The van der Waals surface area contributed by atoms with Crippen molar-refractivity contribution in [3.63, 3.8) is 0 Å². The second-order valence-corrected chi connectivity index (χ2v) is 13.9. The first-order valence-corrected chi connectivity index (χ1v) is 15.8. The predicted octanol–water partition coefficient (Wildman–Crippen LogP) is 6.46. The molecule has 0 aliphatic carbocycles. The van der Waals surface area contributed by atoms with Crippen LogP contribution in [-0.2, 0) is 10.1 Å². The van der Waals surface area contributed by atoms with E-state index < -0.39 is 22.1 Å². The molecular formula is C18H7I5O7S2. The summed E-state index contributed by atoms with van der Waals surface area (Å²) >= 11 is 10.9. The maximum Gasteiger partial charge on any atom is 0.345 e. The highest BCUT2D eigenvalue weighted by Gasteiger charge is 2.25. The van der Waals surface area contributed by atoms with Gasteiger partial charge in [0.1, 0.15) is 10.6 Å². The van der Waals surface area contributed by atoms with Crippen LogP contribution in [0.1, 0.15) is 20.7 Å². The third-order valence-corrected chi connectivity index (χ3v) is 10.1. The van der Waals surface area contributed by atoms with E-state index in [-0.39, 0.29) is 28.9 Å². The Hall–Kier alpha value is 0.640. The maximum atomic E-state index is 12.8. The first-order valence-electron chi connectivity index (χ1n) is 8.00. The van der Waals surface area contributed by atoms with Gasteiger partial charge < -0.3 is 9.47 Å². The third kappa shape index (κ3) is 6.44. The zero-order chi connectivity index (χ0) is 23.8. The quantitative estimate of drug-likeness (QED) is 0.136. The van der Waals surface area contributed by atoms with E-state index in [4.69, 9.17) is 9.47 Å². The van der Waals surface area contributed by atoms with Crippen molar-refractivity contribution in [3.05, 3.63) is 64.0 Å². The SMILES string of the molecule is O=C(Oc1cc(I)c(S(=O)(=O)O)c(I)c1)c1cscc1C(=O)Oc1c(I)cc(I)cc1I. The molecular weight excluding hydrogens is 1030 g/mol. The molecule has 0 aliphatic heterocycles. The van der Waals surface area contributed by atoms with Gasteiger partial charge >= 0.3 is 11.9 Å². The van der Waals surface area contributed by atoms with Gasteiger partial charge in [-0.15, -0.1) is 0 Å². The number of rotatable bonds is 5. The summed E-state index contributed by atoms with van der Waals surface area (Å²) in [5.74, 6) is -1.01. The van der Waals surface area contributed by atoms with Crippen LogP contribution in [0.4, 0.5) is 0 Å². The zero-order valence-electron chi connectivity index (χ0n) is 15.1. The minimum atomic E-state index is -4.43. The summed E-state index contributed by atoms with van der Waals surface area (Å²) in [5.41, 5.74) is 0.0866. The van der Waals surface area contributed by atoms with Crippen LogP contribution in [-0.4, -0.2) is 24.9 Å². The lowest BCUT2D eigenvalue weighted by molar-refractivity contribution is 0.0691. The highest BCUT2D eigenvalue weighted by Crippen LogP contribution is 2.32. The average molecular weight is 1030 g/mol. The molecule has 1 heterocycles. The summed E-state index contributed by atoms with van der Waals surface area (Å²) in [4.78, 5) is 25.2. The van der Waals surface area contributed by atoms with Crippen molar-refractivity contribution in [2.75, 3.05) is 0 Å². The fourth-order valence-corrected chi connectivity index (χ4v) is 11.0. The van der Waals surface area contributed by atoms with Crippen molar-refractivity contribution in [2.45, 2.75) is 4.90 Å². The number of thiophene rings is 1. The molecule has 1 aromatic heterocycles. The van der Waals surface area contributed by atoms with Gasteiger partial charge in [-0.3, -0.25) is 4.55 Å². The van der Waals surface area contributed by atoms with Crippen LogP contribution in [0.3, 0.4) is 0 Å². The molecule has 0 bridgehead atoms. The summed E-state index contributed by atoms with van der Waals surface area (Å²) in [5, 5.41) is 2.98. The molecule has 0 saturated heterocycles. The van der Waals surface area contributed by atoms with Gasteiger partial charge in [0.15, 0.2) is 5.75 Å². The van der Waals surface area contributed by atoms with E-state index in [0.29, 0.717) is 5.75 Å². The first-order chi connectivity index (χ1) is 14.9. The number of carbonyl (C=O) groups excluding carboxylic acids is 2. The van der Waals surface area contributed by atoms with Gasteiger partial charge in [0.2, 0.25) is 0 Å². The molecule has 3 rings (SSSR count). The van der Waals surface area contributed by atoms with E-state index in [1.54, 1.807) is 45.2 Å². The standard InChI is InChI=1S/C18H7I5O7S2/c19-7-1-11(20)15(12(21)2-7)30-18(25)10-6-31-5-9(10)17(24)29-8-3-13(22)16(14(23)4-8)32(26,27)28/h1-6H,(H,26,27,28). The van der Waals surface area contributed by atoms with Gasteiger partial charge in [-0.1, -0.05) is 0 Å². The minimum Gasteiger partial charge on any atom is -0.423 e. The van der Waals surface area contributed by atoms with E-state index >= 15 is 0 Å². The monoisotopic (exact) mass is 1030 g/mol. The van der Waals surface area contributed by atoms with E-state index in [1.807, 2.05) is 12.1 Å². The third-order valence-electron chi connectivity index (χ3n) is 3.70. The molecule has 0 amide bonds. The van der Waals surface area contributed by atoms with Gasteiger partial charge in [-0.25, -0.2) is 9.59 Å². The Morgan fingerprint density at radius 3 is 1.72 bits per heavy atom. The molecule has 1 N–H and O–H groups in total. The number of hydrogen-bond acceptors (Lipinski definition) is 7. The van der Waals surface area contributed by atoms with Gasteiger partial charge in [0.05, 0.1) is 18.3 Å². The Morgan fingerprint density at radius 1 is 0.781 bits per heavy atom. The summed E-state index contributed by atoms with van der Waals surface area (Å²) in [7, 11) is -4.43. The molecule has 2 aromatic carbocycles. The molecule has 0 aliphatic rings. The second kappa shape index (κ2) is 11.1. The van der Waals surface area contributed by atoms with Crippen LogP contribution in [0.25, 0.3) is 0 Å². The second-order valence-electron chi connectivity index (χ2n) is 5.87. The minimum absolute atomic E-state index is 0.0272. The lowest BCUT2D eigenvalue weighted by Gasteiger charge is -2.11. The Labute approximate surface area is 254 Å². The molecule has 0 spiro atoms. The molecule has 0 saturated carbocycles. The van der Waals surface area contributed by atoms with Gasteiger partial charge in [0, 0.05) is 21.5 Å². The Bertz CT molecular complexity index is 1310. The first kappa shape index (κ1) is 27.2. The van der Waals surface area contributed by atoms with Crippen molar-refractivity contribution >= 4 is 146 Å². The smallest absolute Gasteiger partial charge is 0.345 e. The Balaban J connectivity index is 1.86. The van der Waals surface area contributed by atoms with E-state index in [2.05, 4.69) is 67.8 Å². The number of carbonyl (C=O) groups is 2. The van der Waals surface area contributed by atoms with Crippen molar-refractivity contribution in [2.24, 2.45) is 0 Å². The molecule has 7 nitrogen and oxygen atoms in total. The number of halogens is 5. The number of ether oxygens (including phenoxy) is 2. The van der Waals surface area contributed by atoms with Crippen molar-refractivity contribution in [1.82, 2.24) is 0 Å². The van der Waals surface area contributed by atoms with Crippen LogP contribution in [0, 0.1) is 17.9 Å². The van der Waals surface area contributed by atoms with Crippen LogP contribution in [0.5, 0.6) is 11.5 Å². The van der Waals surface area contributed by atoms with Crippen molar-refractivity contribution < 1.29 is 32.0 Å². The largest absolute Gasteiger partial charge is 0.423 e. The number of esters is 2. The van der Waals surface area contributed by atoms with Crippen molar-refractivity contribution in [1.29, 1.82) is 0 Å². The van der Waals surface area contributed by atoms with Gasteiger partial charge in [0.25, 0.3) is 10.1 Å². The normalized spacial score (nSPS) is 11.3.